The van der Waals surface area contributed by atoms with E-state index in [1.807, 2.05) is 24.3 Å². The summed E-state index contributed by atoms with van der Waals surface area (Å²) in [5.74, 6) is 0.932. The maximum Gasteiger partial charge on any atom is 0.122 e. The third-order valence-corrected chi connectivity index (χ3v) is 3.60. The summed E-state index contributed by atoms with van der Waals surface area (Å²) in [6.07, 6.45) is 1.69. The second-order valence-electron chi connectivity index (χ2n) is 4.07. The Labute approximate surface area is 114 Å². The maximum absolute atomic E-state index is 5.32. The van der Waals surface area contributed by atoms with Crippen LogP contribution in [-0.2, 0) is 6.54 Å². The van der Waals surface area contributed by atoms with Crippen LogP contribution < -0.4 is 5.32 Å². The van der Waals surface area contributed by atoms with Crippen LogP contribution in [-0.4, -0.2) is 0 Å². The molecule has 0 amide bonds. The van der Waals surface area contributed by atoms with Gasteiger partial charge < -0.3 is 9.73 Å². The zero-order valence-corrected chi connectivity index (χ0v) is 11.3. The summed E-state index contributed by atoms with van der Waals surface area (Å²) in [5, 5.41) is 5.82. The molecule has 2 aromatic carbocycles. The SMILES string of the molecule is Brc1ccc(NCc2ccco2)c2ccccc12. The summed E-state index contributed by atoms with van der Waals surface area (Å²) < 4.78 is 6.43. The molecule has 0 saturated carbocycles. The highest BCUT2D eigenvalue weighted by atomic mass is 79.9. The molecule has 3 aromatic rings. The predicted molar refractivity (Wildman–Crippen MR) is 77.7 cm³/mol. The molecular formula is C15H12BrNO. The van der Waals surface area contributed by atoms with Gasteiger partial charge in [0.2, 0.25) is 0 Å². The van der Waals surface area contributed by atoms with Crippen LogP contribution in [0.3, 0.4) is 0 Å². The Bertz CT molecular complexity index is 661. The van der Waals surface area contributed by atoms with Gasteiger partial charge in [0.05, 0.1) is 12.8 Å². The predicted octanol–water partition coefficient (Wildman–Crippen LogP) is 4.81. The van der Waals surface area contributed by atoms with Crippen molar-refractivity contribution in [1.29, 1.82) is 0 Å². The standard InChI is InChI=1S/C15H12BrNO/c16-14-7-8-15(13-6-2-1-5-12(13)14)17-10-11-4-3-9-18-11/h1-9,17H,10H2. The lowest BCUT2D eigenvalue weighted by Gasteiger charge is -2.09. The van der Waals surface area contributed by atoms with Gasteiger partial charge >= 0.3 is 0 Å². The topological polar surface area (TPSA) is 25.2 Å². The first-order valence-corrected chi connectivity index (χ1v) is 6.57. The van der Waals surface area contributed by atoms with E-state index in [1.165, 1.54) is 10.8 Å². The van der Waals surface area contributed by atoms with E-state index in [0.717, 1.165) is 15.9 Å². The first kappa shape index (κ1) is 11.4. The molecule has 0 bridgehead atoms. The lowest BCUT2D eigenvalue weighted by Crippen LogP contribution is -1.98. The van der Waals surface area contributed by atoms with Gasteiger partial charge in [-0.15, -0.1) is 0 Å². The highest BCUT2D eigenvalue weighted by molar-refractivity contribution is 9.10. The molecule has 0 spiro atoms. The van der Waals surface area contributed by atoms with Crippen molar-refractivity contribution in [2.45, 2.75) is 6.54 Å². The molecule has 0 atom stereocenters. The minimum atomic E-state index is 0.693. The average Bonchev–Trinajstić information content (AvgIpc) is 2.92. The molecule has 18 heavy (non-hydrogen) atoms. The Morgan fingerprint density at radius 2 is 1.78 bits per heavy atom. The number of rotatable bonds is 3. The lowest BCUT2D eigenvalue weighted by atomic mass is 10.1. The Hall–Kier alpha value is -1.74. The van der Waals surface area contributed by atoms with Gasteiger partial charge in [0.25, 0.3) is 0 Å². The minimum Gasteiger partial charge on any atom is -0.467 e. The quantitative estimate of drug-likeness (QED) is 0.751. The van der Waals surface area contributed by atoms with Crippen molar-refractivity contribution in [3.63, 3.8) is 0 Å². The van der Waals surface area contributed by atoms with Crippen LogP contribution >= 0.6 is 15.9 Å². The van der Waals surface area contributed by atoms with Gasteiger partial charge in [0, 0.05) is 15.5 Å². The van der Waals surface area contributed by atoms with Gasteiger partial charge in [-0.3, -0.25) is 0 Å². The van der Waals surface area contributed by atoms with E-state index in [2.05, 4.69) is 45.5 Å². The average molecular weight is 302 g/mol. The summed E-state index contributed by atoms with van der Waals surface area (Å²) in [6, 6.07) is 16.3. The second-order valence-corrected chi connectivity index (χ2v) is 4.93. The number of nitrogens with one attached hydrogen (secondary N) is 1. The third-order valence-electron chi connectivity index (χ3n) is 2.90. The molecule has 0 fully saturated rings. The zero-order valence-electron chi connectivity index (χ0n) is 9.69. The van der Waals surface area contributed by atoms with Crippen LogP contribution in [0.25, 0.3) is 10.8 Å². The van der Waals surface area contributed by atoms with Gasteiger partial charge in [0.15, 0.2) is 0 Å². The van der Waals surface area contributed by atoms with Crippen LogP contribution in [0.2, 0.25) is 0 Å². The highest BCUT2D eigenvalue weighted by Gasteiger charge is 2.04. The molecule has 0 aliphatic carbocycles. The van der Waals surface area contributed by atoms with E-state index in [0.29, 0.717) is 6.54 Å². The normalized spacial score (nSPS) is 10.7. The van der Waals surface area contributed by atoms with Crippen molar-refractivity contribution in [2.75, 3.05) is 5.32 Å². The molecule has 1 aromatic heterocycles. The molecule has 3 heteroatoms. The summed E-state index contributed by atoms with van der Waals surface area (Å²) in [7, 11) is 0. The van der Waals surface area contributed by atoms with Gasteiger partial charge in [-0.2, -0.15) is 0 Å². The molecule has 1 heterocycles. The Kier molecular flexibility index (Phi) is 3.07. The molecule has 0 aliphatic heterocycles. The Balaban J connectivity index is 1.94. The van der Waals surface area contributed by atoms with Crippen LogP contribution in [0.15, 0.2) is 63.7 Å². The molecule has 2 nitrogen and oxygen atoms in total. The van der Waals surface area contributed by atoms with Crippen molar-refractivity contribution in [2.24, 2.45) is 0 Å². The van der Waals surface area contributed by atoms with E-state index in [9.17, 15) is 0 Å². The van der Waals surface area contributed by atoms with E-state index < -0.39 is 0 Å². The van der Waals surface area contributed by atoms with Crippen LogP contribution in [0, 0.1) is 0 Å². The van der Waals surface area contributed by atoms with Crippen LogP contribution in [0.5, 0.6) is 0 Å². The van der Waals surface area contributed by atoms with Gasteiger partial charge in [-0.1, -0.05) is 40.2 Å². The fourth-order valence-corrected chi connectivity index (χ4v) is 2.49. The van der Waals surface area contributed by atoms with Crippen molar-refractivity contribution in [3.05, 3.63) is 65.0 Å². The molecule has 0 aliphatic rings. The van der Waals surface area contributed by atoms with Crippen molar-refractivity contribution < 1.29 is 4.42 Å². The third kappa shape index (κ3) is 2.14. The van der Waals surface area contributed by atoms with Gasteiger partial charge in [0.1, 0.15) is 5.76 Å². The molecule has 1 N–H and O–H groups in total. The molecule has 0 radical (unpaired) electrons. The molecule has 90 valence electrons. The lowest BCUT2D eigenvalue weighted by molar-refractivity contribution is 0.518. The zero-order chi connectivity index (χ0) is 12.4. The number of hydrogen-bond acceptors (Lipinski definition) is 2. The fourth-order valence-electron chi connectivity index (χ4n) is 2.01. The van der Waals surface area contributed by atoms with Crippen molar-refractivity contribution in [3.8, 4) is 0 Å². The number of halogens is 1. The van der Waals surface area contributed by atoms with Crippen molar-refractivity contribution >= 4 is 32.4 Å². The van der Waals surface area contributed by atoms with E-state index in [-0.39, 0.29) is 0 Å². The van der Waals surface area contributed by atoms with Crippen LogP contribution in [0.1, 0.15) is 5.76 Å². The van der Waals surface area contributed by atoms with E-state index in [4.69, 9.17) is 4.42 Å². The smallest absolute Gasteiger partial charge is 0.122 e. The van der Waals surface area contributed by atoms with Gasteiger partial charge in [-0.05, 0) is 29.7 Å². The maximum atomic E-state index is 5.32. The molecule has 0 saturated heterocycles. The molecule has 0 unspecified atom stereocenters. The fraction of sp³-hybridized carbons (Fsp3) is 0.0667. The highest BCUT2D eigenvalue weighted by Crippen LogP contribution is 2.30. The molecular weight excluding hydrogens is 290 g/mol. The first-order valence-electron chi connectivity index (χ1n) is 5.78. The first-order chi connectivity index (χ1) is 8.84. The molecule has 3 rings (SSSR count). The van der Waals surface area contributed by atoms with E-state index >= 15 is 0 Å². The number of fused-ring (bicyclic) bond motifs is 1. The van der Waals surface area contributed by atoms with Gasteiger partial charge in [-0.25, -0.2) is 0 Å². The second kappa shape index (κ2) is 4.86. The van der Waals surface area contributed by atoms with E-state index in [1.54, 1.807) is 6.26 Å². The van der Waals surface area contributed by atoms with Crippen molar-refractivity contribution in [1.82, 2.24) is 0 Å². The largest absolute Gasteiger partial charge is 0.467 e. The number of anilines is 1. The number of furan rings is 1. The number of hydrogen-bond donors (Lipinski definition) is 1. The number of benzene rings is 2. The summed E-state index contributed by atoms with van der Waals surface area (Å²) in [5.41, 5.74) is 1.12. The Morgan fingerprint density at radius 3 is 2.56 bits per heavy atom. The monoisotopic (exact) mass is 301 g/mol. The summed E-state index contributed by atoms with van der Waals surface area (Å²) in [4.78, 5) is 0. The minimum absolute atomic E-state index is 0.693. The van der Waals surface area contributed by atoms with Crippen LogP contribution in [0.4, 0.5) is 5.69 Å². The summed E-state index contributed by atoms with van der Waals surface area (Å²) in [6.45, 7) is 0.693. The summed E-state index contributed by atoms with van der Waals surface area (Å²) >= 11 is 3.57. The Morgan fingerprint density at radius 1 is 0.944 bits per heavy atom.